The van der Waals surface area contributed by atoms with Crippen LogP contribution >= 0.6 is 31.9 Å². The van der Waals surface area contributed by atoms with E-state index in [0.29, 0.717) is 36.2 Å². The van der Waals surface area contributed by atoms with Gasteiger partial charge in [-0.15, -0.1) is 0 Å². The first-order valence-corrected chi connectivity index (χ1v) is 15.5. The molecule has 8 nitrogen and oxygen atoms in total. The predicted molar refractivity (Wildman–Crippen MR) is 153 cm³/mol. The third-order valence-corrected chi connectivity index (χ3v) is 8.40. The quantitative estimate of drug-likeness (QED) is 0.410. The highest BCUT2D eigenvalue weighted by atomic mass is 79.9. The number of hydrogen-bond acceptors (Lipinski definition) is 8. The first-order valence-electron chi connectivity index (χ1n) is 13.9. The number of rotatable bonds is 8. The van der Waals surface area contributed by atoms with E-state index in [1.807, 2.05) is 24.3 Å². The van der Waals surface area contributed by atoms with E-state index in [9.17, 15) is 0 Å². The van der Waals surface area contributed by atoms with Crippen LogP contribution in [0.15, 0.2) is 45.6 Å². The molecule has 6 rings (SSSR count). The summed E-state index contributed by atoms with van der Waals surface area (Å²) in [6.45, 7) is 4.33. The van der Waals surface area contributed by atoms with E-state index in [1.165, 1.54) is 0 Å². The second kappa shape index (κ2) is 14.4. The maximum absolute atomic E-state index is 6.07. The minimum Gasteiger partial charge on any atom is -0.474 e. The predicted octanol–water partition coefficient (Wildman–Crippen LogP) is 5.05. The summed E-state index contributed by atoms with van der Waals surface area (Å²) < 4.78 is 25.8. The van der Waals surface area contributed by atoms with E-state index in [1.54, 1.807) is 12.4 Å². The molecule has 0 atom stereocenters. The maximum atomic E-state index is 6.07. The molecule has 2 saturated carbocycles. The Hall–Kier alpha value is -1.30. The van der Waals surface area contributed by atoms with Gasteiger partial charge in [0.2, 0.25) is 11.8 Å². The molecule has 2 aliphatic heterocycles. The molecule has 0 spiro atoms. The van der Waals surface area contributed by atoms with E-state index in [4.69, 9.17) is 18.9 Å². The molecule has 2 aliphatic carbocycles. The molecule has 208 valence electrons. The number of pyridine rings is 2. The van der Waals surface area contributed by atoms with E-state index < -0.39 is 0 Å². The lowest BCUT2D eigenvalue weighted by atomic mass is 9.91. The minimum absolute atomic E-state index is 0.258. The van der Waals surface area contributed by atoms with Gasteiger partial charge in [-0.25, -0.2) is 9.97 Å². The van der Waals surface area contributed by atoms with Gasteiger partial charge >= 0.3 is 0 Å². The number of hydrogen-bond donors (Lipinski definition) is 2. The smallest absolute Gasteiger partial charge is 0.214 e. The number of halogens is 2. The standard InChI is InChI=1S/2C14H19BrN2O2/c2*15-10-1-6-17-14(7-10)19-13-8-12(9-13)18-11-2-4-16-5-3-11/h2*1,6-7,11-13,16H,2-5,8-9H2. The molecule has 0 aromatic carbocycles. The summed E-state index contributed by atoms with van der Waals surface area (Å²) in [6, 6.07) is 7.61. The monoisotopic (exact) mass is 652 g/mol. The fourth-order valence-corrected chi connectivity index (χ4v) is 5.73. The molecule has 0 unspecified atom stereocenters. The van der Waals surface area contributed by atoms with Crippen molar-refractivity contribution in [2.45, 2.75) is 88.0 Å². The molecule has 2 aromatic heterocycles. The van der Waals surface area contributed by atoms with Crippen molar-refractivity contribution in [1.29, 1.82) is 0 Å². The first-order chi connectivity index (χ1) is 18.6. The summed E-state index contributed by atoms with van der Waals surface area (Å²) >= 11 is 6.84. The topological polar surface area (TPSA) is 86.8 Å². The number of nitrogens with zero attached hydrogens (tertiary/aromatic N) is 2. The molecule has 38 heavy (non-hydrogen) atoms. The van der Waals surface area contributed by atoms with Crippen LogP contribution in [0.3, 0.4) is 0 Å². The van der Waals surface area contributed by atoms with Gasteiger partial charge in [0.25, 0.3) is 0 Å². The van der Waals surface area contributed by atoms with Crippen LogP contribution in [0.5, 0.6) is 11.8 Å². The average Bonchev–Trinajstić information content (AvgIpc) is 2.88. The largest absolute Gasteiger partial charge is 0.474 e. The molecule has 0 radical (unpaired) electrons. The van der Waals surface area contributed by atoms with E-state index in [0.717, 1.165) is 86.5 Å². The van der Waals surface area contributed by atoms with Crippen LogP contribution in [0.1, 0.15) is 51.4 Å². The van der Waals surface area contributed by atoms with Gasteiger partial charge < -0.3 is 29.6 Å². The van der Waals surface area contributed by atoms with E-state index in [2.05, 4.69) is 52.5 Å². The normalized spacial score (nSPS) is 27.8. The minimum atomic E-state index is 0.258. The Morgan fingerprint density at radius 3 is 1.34 bits per heavy atom. The Balaban J connectivity index is 0.000000155. The molecular formula is C28H38Br2N4O4. The van der Waals surface area contributed by atoms with Crippen molar-refractivity contribution >= 4 is 31.9 Å². The van der Waals surface area contributed by atoms with Gasteiger partial charge in [0.1, 0.15) is 12.2 Å². The third-order valence-electron chi connectivity index (χ3n) is 7.41. The lowest BCUT2D eigenvalue weighted by Crippen LogP contribution is -2.43. The summed E-state index contributed by atoms with van der Waals surface area (Å²) in [6.07, 6.45) is 14.1. The van der Waals surface area contributed by atoms with Gasteiger partial charge in [0.05, 0.1) is 24.4 Å². The Kier molecular flexibility index (Phi) is 10.7. The molecule has 0 amide bonds. The zero-order chi connectivity index (χ0) is 26.2. The fourth-order valence-electron chi connectivity index (χ4n) is 5.10. The molecule has 4 aliphatic rings. The lowest BCUT2D eigenvalue weighted by molar-refractivity contribution is -0.104. The van der Waals surface area contributed by atoms with Gasteiger partial charge in [0, 0.05) is 59.2 Å². The number of nitrogens with one attached hydrogen (secondary N) is 2. The second-order valence-electron chi connectivity index (χ2n) is 10.5. The lowest BCUT2D eigenvalue weighted by Gasteiger charge is -2.38. The zero-order valence-electron chi connectivity index (χ0n) is 21.7. The van der Waals surface area contributed by atoms with Crippen molar-refractivity contribution in [3.63, 3.8) is 0 Å². The highest BCUT2D eigenvalue weighted by molar-refractivity contribution is 9.10. The fraction of sp³-hybridized carbons (Fsp3) is 0.643. The molecule has 2 N–H and O–H groups in total. The molecule has 2 aromatic rings. The first kappa shape index (κ1) is 28.2. The Bertz CT molecular complexity index is 915. The summed E-state index contributed by atoms with van der Waals surface area (Å²) in [7, 11) is 0. The van der Waals surface area contributed by atoms with Gasteiger partial charge in [-0.2, -0.15) is 0 Å². The van der Waals surface area contributed by atoms with Crippen LogP contribution in [-0.4, -0.2) is 72.8 Å². The van der Waals surface area contributed by atoms with Gasteiger partial charge in [-0.1, -0.05) is 31.9 Å². The van der Waals surface area contributed by atoms with Crippen molar-refractivity contribution in [3.8, 4) is 11.8 Å². The van der Waals surface area contributed by atoms with Crippen LogP contribution in [0.4, 0.5) is 0 Å². The molecule has 4 heterocycles. The van der Waals surface area contributed by atoms with Crippen molar-refractivity contribution in [2.24, 2.45) is 0 Å². The van der Waals surface area contributed by atoms with Crippen molar-refractivity contribution in [1.82, 2.24) is 20.6 Å². The van der Waals surface area contributed by atoms with Crippen molar-refractivity contribution in [2.75, 3.05) is 26.2 Å². The average molecular weight is 654 g/mol. The van der Waals surface area contributed by atoms with Crippen LogP contribution in [0.2, 0.25) is 0 Å². The maximum Gasteiger partial charge on any atom is 0.214 e. The van der Waals surface area contributed by atoms with Crippen molar-refractivity contribution in [3.05, 3.63) is 45.6 Å². The third kappa shape index (κ3) is 8.86. The summed E-state index contributed by atoms with van der Waals surface area (Å²) in [4.78, 5) is 8.40. The van der Waals surface area contributed by atoms with Gasteiger partial charge in [-0.3, -0.25) is 0 Å². The SMILES string of the molecule is Brc1ccnc(OC2CC(OC3CCNCC3)C2)c1.Brc1ccnc(OC2CC(OC3CCNCC3)C2)c1. The van der Waals surface area contributed by atoms with Gasteiger partial charge in [-0.05, 0) is 64.0 Å². The summed E-state index contributed by atoms with van der Waals surface area (Å²) in [5.74, 6) is 1.39. The number of aromatic nitrogens is 2. The Morgan fingerprint density at radius 2 is 0.974 bits per heavy atom. The van der Waals surface area contributed by atoms with E-state index >= 15 is 0 Å². The molecule has 0 bridgehead atoms. The van der Waals surface area contributed by atoms with Crippen LogP contribution in [0, 0.1) is 0 Å². The van der Waals surface area contributed by atoms with Crippen molar-refractivity contribution < 1.29 is 18.9 Å². The second-order valence-corrected chi connectivity index (χ2v) is 12.3. The number of piperidine rings is 2. The Labute approximate surface area is 242 Å². The molecule has 10 heteroatoms. The zero-order valence-corrected chi connectivity index (χ0v) is 24.9. The summed E-state index contributed by atoms with van der Waals surface area (Å²) in [5, 5.41) is 6.71. The number of ether oxygens (including phenoxy) is 4. The Morgan fingerprint density at radius 1 is 0.579 bits per heavy atom. The van der Waals surface area contributed by atoms with Crippen LogP contribution < -0.4 is 20.1 Å². The van der Waals surface area contributed by atoms with E-state index in [-0.39, 0.29) is 12.2 Å². The van der Waals surface area contributed by atoms with Gasteiger partial charge in [0.15, 0.2) is 0 Å². The summed E-state index contributed by atoms with van der Waals surface area (Å²) in [5.41, 5.74) is 0. The molecular weight excluding hydrogens is 616 g/mol. The van der Waals surface area contributed by atoms with Crippen LogP contribution in [0.25, 0.3) is 0 Å². The highest BCUT2D eigenvalue weighted by Gasteiger charge is 2.35. The molecule has 4 fully saturated rings. The molecule has 2 saturated heterocycles. The van der Waals surface area contributed by atoms with Crippen LogP contribution in [-0.2, 0) is 9.47 Å². The highest BCUT2D eigenvalue weighted by Crippen LogP contribution is 2.31.